The quantitative estimate of drug-likeness (QED) is 0.552. The topological polar surface area (TPSA) is 77.7 Å². The Kier molecular flexibility index (Phi) is 6.24. The summed E-state index contributed by atoms with van der Waals surface area (Å²) in [6, 6.07) is 12.4. The van der Waals surface area contributed by atoms with Crippen molar-refractivity contribution >= 4 is 37.5 Å². The molecular weight excluding hydrogens is 408 g/mol. The van der Waals surface area contributed by atoms with E-state index in [9.17, 15) is 13.2 Å². The zero-order valence-corrected chi connectivity index (χ0v) is 18.5. The maximum Gasteiger partial charge on any atom is 0.326 e. The van der Waals surface area contributed by atoms with E-state index in [4.69, 9.17) is 4.74 Å². The van der Waals surface area contributed by atoms with Gasteiger partial charge in [-0.25, -0.2) is 0 Å². The van der Waals surface area contributed by atoms with E-state index in [1.165, 1.54) is 23.5 Å². The van der Waals surface area contributed by atoms with Crippen molar-refractivity contribution < 1.29 is 17.9 Å². The number of ether oxygens (including phenoxy) is 1. The molecule has 1 aromatic heterocycles. The summed E-state index contributed by atoms with van der Waals surface area (Å²) in [6.07, 6.45) is 0. The van der Waals surface area contributed by atoms with Crippen molar-refractivity contribution in [3.63, 3.8) is 0 Å². The second-order valence-corrected chi connectivity index (χ2v) is 9.65. The van der Waals surface area contributed by atoms with Gasteiger partial charge in [-0.1, -0.05) is 48.9 Å². The molecule has 0 spiro atoms. The third-order valence-corrected chi connectivity index (χ3v) is 6.92. The van der Waals surface area contributed by atoms with Crippen LogP contribution in [0.4, 0.5) is 0 Å². The first kappa shape index (κ1) is 21.3. The number of rotatable bonds is 6. The number of sulfonamides is 1. The van der Waals surface area contributed by atoms with Gasteiger partial charge in [0.25, 0.3) is 10.0 Å². The molecule has 0 amide bonds. The molecule has 154 valence electrons. The maximum atomic E-state index is 12.8. The number of aryl methyl sites for hydroxylation is 1. The number of carbonyl (C=O) groups is 1. The molecule has 0 unspecified atom stereocenters. The molecule has 0 aliphatic rings. The van der Waals surface area contributed by atoms with Crippen molar-refractivity contribution in [2.45, 2.75) is 45.1 Å². The van der Waals surface area contributed by atoms with Crippen LogP contribution in [0.25, 0.3) is 10.2 Å². The highest BCUT2D eigenvalue weighted by Gasteiger charge is 2.17. The predicted octanol–water partition coefficient (Wildman–Crippen LogP) is 3.99. The van der Waals surface area contributed by atoms with Crippen LogP contribution >= 0.6 is 11.3 Å². The molecule has 3 aromatic rings. The molecule has 0 saturated heterocycles. The Morgan fingerprint density at radius 3 is 2.48 bits per heavy atom. The Morgan fingerprint density at radius 1 is 1.17 bits per heavy atom. The van der Waals surface area contributed by atoms with Gasteiger partial charge in [0.05, 0.1) is 21.7 Å². The van der Waals surface area contributed by atoms with Crippen molar-refractivity contribution in [3.8, 4) is 0 Å². The van der Waals surface area contributed by atoms with Gasteiger partial charge in [0.1, 0.15) is 6.54 Å². The minimum absolute atomic E-state index is 0.100. The smallest absolute Gasteiger partial charge is 0.326 e. The SMILES string of the molecule is CCOC(=O)Cn1/c(=N/S(=O)(=O)c2ccc(C)cc2)sc2cc(C(C)C)ccc21. The Hall–Kier alpha value is -2.45. The van der Waals surface area contributed by atoms with Crippen LogP contribution in [0.2, 0.25) is 0 Å². The van der Waals surface area contributed by atoms with Crippen LogP contribution in [0.5, 0.6) is 0 Å². The lowest BCUT2D eigenvalue weighted by Gasteiger charge is -2.07. The lowest BCUT2D eigenvalue weighted by atomic mass is 10.0. The Labute approximate surface area is 174 Å². The van der Waals surface area contributed by atoms with Crippen molar-refractivity contribution in [3.05, 3.63) is 58.4 Å². The summed E-state index contributed by atoms with van der Waals surface area (Å²) in [5.74, 6) is -0.106. The lowest BCUT2D eigenvalue weighted by Crippen LogP contribution is -2.23. The predicted molar refractivity (Wildman–Crippen MR) is 114 cm³/mol. The summed E-state index contributed by atoms with van der Waals surface area (Å²) in [5, 5.41) is 0. The number of thiazole rings is 1. The molecule has 0 fully saturated rings. The summed E-state index contributed by atoms with van der Waals surface area (Å²) in [6.45, 7) is 7.96. The fourth-order valence-electron chi connectivity index (χ4n) is 2.87. The normalized spacial score (nSPS) is 12.7. The van der Waals surface area contributed by atoms with E-state index in [0.29, 0.717) is 5.92 Å². The average Bonchev–Trinajstić information content (AvgIpc) is 2.98. The van der Waals surface area contributed by atoms with Crippen LogP contribution < -0.4 is 4.80 Å². The van der Waals surface area contributed by atoms with Gasteiger partial charge >= 0.3 is 5.97 Å². The number of aromatic nitrogens is 1. The molecule has 0 atom stereocenters. The highest BCUT2D eigenvalue weighted by molar-refractivity contribution is 7.90. The van der Waals surface area contributed by atoms with E-state index in [-0.39, 0.29) is 22.8 Å². The monoisotopic (exact) mass is 432 g/mol. The number of fused-ring (bicyclic) bond motifs is 1. The van der Waals surface area contributed by atoms with Crippen LogP contribution in [-0.2, 0) is 26.1 Å². The third kappa shape index (κ3) is 4.76. The molecule has 0 saturated carbocycles. The molecule has 1 heterocycles. The van der Waals surface area contributed by atoms with E-state index in [2.05, 4.69) is 18.2 Å². The van der Waals surface area contributed by atoms with Crippen molar-refractivity contribution in [1.29, 1.82) is 0 Å². The first-order chi connectivity index (χ1) is 13.7. The minimum Gasteiger partial charge on any atom is -0.465 e. The summed E-state index contributed by atoms with van der Waals surface area (Å²) >= 11 is 1.25. The van der Waals surface area contributed by atoms with Crippen LogP contribution in [0.1, 0.15) is 37.8 Å². The van der Waals surface area contributed by atoms with Gasteiger partial charge < -0.3 is 9.30 Å². The lowest BCUT2D eigenvalue weighted by molar-refractivity contribution is -0.143. The highest BCUT2D eigenvalue weighted by Crippen LogP contribution is 2.24. The molecule has 3 rings (SSSR count). The van der Waals surface area contributed by atoms with Crippen LogP contribution in [0, 0.1) is 6.92 Å². The van der Waals surface area contributed by atoms with Crippen LogP contribution in [0.3, 0.4) is 0 Å². The molecular formula is C21H24N2O4S2. The number of carbonyl (C=O) groups excluding carboxylic acids is 1. The molecule has 0 aliphatic heterocycles. The summed E-state index contributed by atoms with van der Waals surface area (Å²) < 4.78 is 37.3. The first-order valence-electron chi connectivity index (χ1n) is 9.38. The molecule has 0 bridgehead atoms. The molecule has 29 heavy (non-hydrogen) atoms. The number of nitrogens with zero attached hydrogens (tertiary/aromatic N) is 2. The van der Waals surface area contributed by atoms with Gasteiger partial charge in [-0.2, -0.15) is 8.42 Å². The van der Waals surface area contributed by atoms with E-state index >= 15 is 0 Å². The van der Waals surface area contributed by atoms with Crippen molar-refractivity contribution in [2.24, 2.45) is 4.40 Å². The number of benzene rings is 2. The molecule has 8 heteroatoms. The molecule has 6 nitrogen and oxygen atoms in total. The standard InChI is InChI=1S/C21H24N2O4S2/c1-5-27-20(24)13-23-18-11-8-16(14(2)3)12-19(18)28-21(23)22-29(25,26)17-9-6-15(4)7-10-17/h6-12,14H,5,13H2,1-4H3/b22-21-. The van der Waals surface area contributed by atoms with E-state index < -0.39 is 16.0 Å². The largest absolute Gasteiger partial charge is 0.465 e. The van der Waals surface area contributed by atoms with Crippen LogP contribution in [0.15, 0.2) is 51.8 Å². The third-order valence-electron chi connectivity index (χ3n) is 4.48. The van der Waals surface area contributed by atoms with E-state index in [1.807, 2.05) is 25.1 Å². The second kappa shape index (κ2) is 8.51. The van der Waals surface area contributed by atoms with Gasteiger partial charge in [0, 0.05) is 0 Å². The maximum absolute atomic E-state index is 12.8. The fourth-order valence-corrected chi connectivity index (χ4v) is 5.15. The first-order valence-corrected chi connectivity index (χ1v) is 11.6. The molecule has 0 aliphatic carbocycles. The Morgan fingerprint density at radius 2 is 1.86 bits per heavy atom. The number of hydrogen-bond acceptors (Lipinski definition) is 5. The number of esters is 1. The van der Waals surface area contributed by atoms with Crippen molar-refractivity contribution in [1.82, 2.24) is 4.57 Å². The van der Waals surface area contributed by atoms with E-state index in [1.54, 1.807) is 23.6 Å². The summed E-state index contributed by atoms with van der Waals surface area (Å²) in [7, 11) is -3.91. The minimum atomic E-state index is -3.91. The summed E-state index contributed by atoms with van der Waals surface area (Å²) in [5.41, 5.74) is 2.85. The average molecular weight is 433 g/mol. The van der Waals surface area contributed by atoms with Gasteiger partial charge in [0.15, 0.2) is 0 Å². The highest BCUT2D eigenvalue weighted by atomic mass is 32.2. The zero-order chi connectivity index (χ0) is 21.2. The summed E-state index contributed by atoms with van der Waals surface area (Å²) in [4.78, 5) is 12.5. The van der Waals surface area contributed by atoms with Gasteiger partial charge in [-0.3, -0.25) is 4.79 Å². The van der Waals surface area contributed by atoms with Gasteiger partial charge in [0.2, 0.25) is 4.80 Å². The second-order valence-electron chi connectivity index (χ2n) is 7.04. The van der Waals surface area contributed by atoms with Gasteiger partial charge in [-0.05, 0) is 49.6 Å². The van der Waals surface area contributed by atoms with Crippen molar-refractivity contribution in [2.75, 3.05) is 6.61 Å². The molecule has 0 radical (unpaired) electrons. The Bertz CT molecular complexity index is 1200. The Balaban J connectivity index is 2.19. The molecule has 2 aromatic carbocycles. The molecule has 0 N–H and O–H groups in total. The van der Waals surface area contributed by atoms with Crippen LogP contribution in [-0.4, -0.2) is 25.6 Å². The fraction of sp³-hybridized carbons (Fsp3) is 0.333. The zero-order valence-electron chi connectivity index (χ0n) is 16.9. The number of hydrogen-bond donors (Lipinski definition) is 0. The van der Waals surface area contributed by atoms with E-state index in [0.717, 1.165) is 21.3 Å². The van der Waals surface area contributed by atoms with Gasteiger partial charge in [-0.15, -0.1) is 4.40 Å².